The summed E-state index contributed by atoms with van der Waals surface area (Å²) in [5, 5.41) is 12.9. The third kappa shape index (κ3) is 2.82. The average molecular weight is 393 g/mol. The Labute approximate surface area is 171 Å². The van der Waals surface area contributed by atoms with E-state index in [1.807, 2.05) is 42.5 Å². The molecule has 0 bridgehead atoms. The molecule has 0 saturated carbocycles. The maximum absolute atomic E-state index is 13.5. The van der Waals surface area contributed by atoms with Crippen LogP contribution in [0.2, 0.25) is 0 Å². The normalized spacial score (nSPS) is 11.1. The number of nitro benzene ring substituents is 1. The fourth-order valence-electron chi connectivity index (χ4n) is 3.72. The van der Waals surface area contributed by atoms with Crippen LogP contribution in [-0.4, -0.2) is 20.7 Å². The summed E-state index contributed by atoms with van der Waals surface area (Å²) in [4.78, 5) is 32.1. The first-order valence-electron chi connectivity index (χ1n) is 9.37. The minimum atomic E-state index is -0.450. The summed E-state index contributed by atoms with van der Waals surface area (Å²) in [5.74, 6) is -0.159. The Kier molecular flexibility index (Phi) is 4.10. The number of rotatable bonds is 4. The first kappa shape index (κ1) is 17.8. The van der Waals surface area contributed by atoms with E-state index in [1.165, 1.54) is 12.1 Å². The lowest BCUT2D eigenvalue weighted by molar-refractivity contribution is -0.384. The molecule has 0 atom stereocenters. The van der Waals surface area contributed by atoms with Crippen molar-refractivity contribution in [2.24, 2.45) is 0 Å². The van der Waals surface area contributed by atoms with E-state index < -0.39 is 4.92 Å². The zero-order chi connectivity index (χ0) is 20.7. The number of nitrogens with one attached hydrogen (secondary N) is 1. The molecule has 144 valence electrons. The minimum absolute atomic E-state index is 0.0126. The van der Waals surface area contributed by atoms with E-state index in [9.17, 15) is 14.9 Å². The number of benzene rings is 3. The van der Waals surface area contributed by atoms with Gasteiger partial charge in [0.1, 0.15) is 0 Å². The van der Waals surface area contributed by atoms with E-state index in [0.29, 0.717) is 27.9 Å². The van der Waals surface area contributed by atoms with E-state index in [4.69, 9.17) is 0 Å². The van der Waals surface area contributed by atoms with Crippen LogP contribution in [0.25, 0.3) is 33.1 Å². The molecule has 0 spiro atoms. The number of hydrogen-bond acceptors (Lipinski definition) is 4. The lowest BCUT2D eigenvalue weighted by Crippen LogP contribution is -2.06. The zero-order valence-corrected chi connectivity index (χ0v) is 15.7. The summed E-state index contributed by atoms with van der Waals surface area (Å²) >= 11 is 0. The van der Waals surface area contributed by atoms with E-state index >= 15 is 0 Å². The molecule has 2 heterocycles. The summed E-state index contributed by atoms with van der Waals surface area (Å²) in [6, 6.07) is 22.9. The number of para-hydroxylation sites is 1. The number of aromatic nitrogens is 2. The highest BCUT2D eigenvalue weighted by Gasteiger charge is 2.22. The van der Waals surface area contributed by atoms with Gasteiger partial charge in [-0.25, -0.2) is 0 Å². The van der Waals surface area contributed by atoms with E-state index in [2.05, 4.69) is 9.97 Å². The highest BCUT2D eigenvalue weighted by Crippen LogP contribution is 2.34. The lowest BCUT2D eigenvalue weighted by atomic mass is 9.96. The summed E-state index contributed by atoms with van der Waals surface area (Å²) < 4.78 is 0. The number of H-pyrrole nitrogens is 1. The number of nitro groups is 1. The van der Waals surface area contributed by atoms with Crippen LogP contribution in [0.1, 0.15) is 15.9 Å². The van der Waals surface area contributed by atoms with Crippen molar-refractivity contribution in [2.75, 3.05) is 0 Å². The van der Waals surface area contributed by atoms with Crippen LogP contribution in [0.3, 0.4) is 0 Å². The molecule has 0 unspecified atom stereocenters. The van der Waals surface area contributed by atoms with Crippen molar-refractivity contribution in [1.29, 1.82) is 0 Å². The molecule has 2 aromatic heterocycles. The molecular formula is C24H15N3O3. The number of aromatic amines is 1. The van der Waals surface area contributed by atoms with Crippen molar-refractivity contribution < 1.29 is 9.72 Å². The Bertz CT molecular complexity index is 1420. The number of non-ortho nitro benzene ring substituents is 1. The van der Waals surface area contributed by atoms with Gasteiger partial charge in [-0.15, -0.1) is 0 Å². The number of pyridine rings is 1. The van der Waals surface area contributed by atoms with Crippen molar-refractivity contribution in [2.45, 2.75) is 0 Å². The summed E-state index contributed by atoms with van der Waals surface area (Å²) in [6.45, 7) is 0. The van der Waals surface area contributed by atoms with E-state index in [-0.39, 0.29) is 11.5 Å². The molecule has 30 heavy (non-hydrogen) atoms. The van der Waals surface area contributed by atoms with Gasteiger partial charge in [0, 0.05) is 45.7 Å². The second-order valence-electron chi connectivity index (χ2n) is 6.94. The fourth-order valence-corrected chi connectivity index (χ4v) is 3.72. The Hall–Kier alpha value is -4.32. The van der Waals surface area contributed by atoms with Gasteiger partial charge in [-0.2, -0.15) is 0 Å². The van der Waals surface area contributed by atoms with Crippen LogP contribution < -0.4 is 0 Å². The van der Waals surface area contributed by atoms with E-state index in [1.54, 1.807) is 30.5 Å². The topological polar surface area (TPSA) is 88.9 Å². The molecule has 6 heteroatoms. The third-order valence-corrected chi connectivity index (χ3v) is 5.17. The second kappa shape index (κ2) is 6.93. The number of nitrogens with zero attached hydrogens (tertiary/aromatic N) is 2. The van der Waals surface area contributed by atoms with Crippen LogP contribution in [-0.2, 0) is 0 Å². The second-order valence-corrected chi connectivity index (χ2v) is 6.94. The van der Waals surface area contributed by atoms with E-state index in [0.717, 1.165) is 16.3 Å². The molecule has 0 saturated heterocycles. The molecule has 0 fully saturated rings. The molecule has 1 N–H and O–H groups in total. The fraction of sp³-hybridized carbons (Fsp3) is 0. The van der Waals surface area contributed by atoms with Crippen molar-refractivity contribution in [3.8, 4) is 11.3 Å². The van der Waals surface area contributed by atoms with Gasteiger partial charge in [-0.1, -0.05) is 48.5 Å². The van der Waals surface area contributed by atoms with Gasteiger partial charge >= 0.3 is 0 Å². The molecular weight excluding hydrogens is 378 g/mol. The molecule has 0 amide bonds. The Balaban J connectivity index is 1.80. The molecule has 5 aromatic rings. The van der Waals surface area contributed by atoms with Crippen LogP contribution in [0.5, 0.6) is 0 Å². The quantitative estimate of drug-likeness (QED) is 0.247. The third-order valence-electron chi connectivity index (χ3n) is 5.17. The SMILES string of the molecule is O=C(c1ccccc1)c1c(-c2ccc([N+](=O)[O-])cc2)ncc2c1[nH]c1ccccc12. The number of fused-ring (bicyclic) bond motifs is 3. The highest BCUT2D eigenvalue weighted by molar-refractivity contribution is 6.22. The molecule has 5 rings (SSSR count). The van der Waals surface area contributed by atoms with Crippen LogP contribution in [0, 0.1) is 10.1 Å². The highest BCUT2D eigenvalue weighted by atomic mass is 16.6. The Morgan fingerprint density at radius 1 is 0.867 bits per heavy atom. The molecule has 3 aromatic carbocycles. The number of carbonyl (C=O) groups excluding carboxylic acids is 1. The first-order chi connectivity index (χ1) is 14.6. The first-order valence-corrected chi connectivity index (χ1v) is 9.37. The van der Waals surface area contributed by atoms with Gasteiger partial charge in [0.2, 0.25) is 0 Å². The van der Waals surface area contributed by atoms with Crippen molar-refractivity contribution in [3.63, 3.8) is 0 Å². The van der Waals surface area contributed by atoms with Gasteiger partial charge in [0.15, 0.2) is 5.78 Å². The summed E-state index contributed by atoms with van der Waals surface area (Å²) in [6.07, 6.45) is 1.74. The lowest BCUT2D eigenvalue weighted by Gasteiger charge is -2.10. The Morgan fingerprint density at radius 2 is 1.57 bits per heavy atom. The summed E-state index contributed by atoms with van der Waals surface area (Å²) in [7, 11) is 0. The number of ketones is 1. The molecule has 0 aliphatic rings. The largest absolute Gasteiger partial charge is 0.354 e. The minimum Gasteiger partial charge on any atom is -0.354 e. The van der Waals surface area contributed by atoms with Gasteiger partial charge < -0.3 is 4.98 Å². The average Bonchev–Trinajstić information content (AvgIpc) is 3.17. The van der Waals surface area contributed by atoms with Gasteiger partial charge in [-0.05, 0) is 18.2 Å². The van der Waals surface area contributed by atoms with Gasteiger partial charge in [0.05, 0.1) is 21.7 Å². The predicted octanol–water partition coefficient (Wildman–Crippen LogP) is 5.52. The van der Waals surface area contributed by atoms with Gasteiger partial charge in [-0.3, -0.25) is 19.9 Å². The van der Waals surface area contributed by atoms with Crippen molar-refractivity contribution >= 4 is 33.3 Å². The Morgan fingerprint density at radius 3 is 2.30 bits per heavy atom. The van der Waals surface area contributed by atoms with Crippen molar-refractivity contribution in [3.05, 3.63) is 106 Å². The zero-order valence-electron chi connectivity index (χ0n) is 15.7. The maximum atomic E-state index is 13.5. The number of hydrogen-bond donors (Lipinski definition) is 1. The van der Waals surface area contributed by atoms with Crippen LogP contribution >= 0.6 is 0 Å². The standard InChI is InChI=1S/C24H15N3O3/c28-24(16-6-2-1-3-7-16)21-22(15-10-12-17(13-11-15)27(29)30)25-14-19-18-8-4-5-9-20(18)26-23(19)21/h1-14,26H. The molecule has 0 aliphatic carbocycles. The maximum Gasteiger partial charge on any atom is 0.269 e. The monoisotopic (exact) mass is 393 g/mol. The summed E-state index contributed by atoms with van der Waals surface area (Å²) in [5.41, 5.74) is 3.72. The predicted molar refractivity (Wildman–Crippen MR) is 116 cm³/mol. The number of carbonyl (C=O) groups is 1. The van der Waals surface area contributed by atoms with Crippen LogP contribution in [0.4, 0.5) is 5.69 Å². The molecule has 0 aliphatic heterocycles. The van der Waals surface area contributed by atoms with Crippen molar-refractivity contribution in [1.82, 2.24) is 9.97 Å². The smallest absolute Gasteiger partial charge is 0.269 e. The molecule has 6 nitrogen and oxygen atoms in total. The van der Waals surface area contributed by atoms with Crippen LogP contribution in [0.15, 0.2) is 85.1 Å². The molecule has 0 radical (unpaired) electrons. The van der Waals surface area contributed by atoms with Gasteiger partial charge in [0.25, 0.3) is 5.69 Å².